The number of nitrogens with one attached hydrogen (secondary N) is 1. The maximum atomic E-state index is 10.4. The molecule has 1 aromatic heterocycles. The molecule has 0 aromatic carbocycles. The summed E-state index contributed by atoms with van der Waals surface area (Å²) in [6.07, 6.45) is 5.07. The van der Waals surface area contributed by atoms with E-state index in [9.17, 15) is 10.1 Å². The van der Waals surface area contributed by atoms with Gasteiger partial charge in [-0.05, 0) is 24.3 Å². The molecule has 0 amide bonds. The van der Waals surface area contributed by atoms with Gasteiger partial charge in [-0.15, -0.1) is 0 Å². The first-order valence-electron chi connectivity index (χ1n) is 5.43. The van der Waals surface area contributed by atoms with E-state index in [-0.39, 0.29) is 5.69 Å². The minimum Gasteiger partial charge on any atom is -0.370 e. The zero-order valence-corrected chi connectivity index (χ0v) is 9.27. The average Bonchev–Trinajstić information content (AvgIpc) is 2.24. The number of aromatic nitrogens is 1. The summed E-state index contributed by atoms with van der Waals surface area (Å²) in [5.74, 6) is 0.707. The van der Waals surface area contributed by atoms with Crippen LogP contribution in [-0.2, 0) is 0 Å². The van der Waals surface area contributed by atoms with Crippen molar-refractivity contribution in [3.63, 3.8) is 0 Å². The van der Waals surface area contributed by atoms with Gasteiger partial charge in [-0.25, -0.2) is 4.98 Å². The molecule has 2 rings (SSSR count). The molecule has 5 heteroatoms. The molecule has 0 aliphatic heterocycles. The lowest BCUT2D eigenvalue weighted by atomic mass is 9.70. The second kappa shape index (κ2) is 4.08. The van der Waals surface area contributed by atoms with Gasteiger partial charge >= 0.3 is 0 Å². The molecule has 0 unspecified atom stereocenters. The third-order valence-electron chi connectivity index (χ3n) is 3.22. The molecular formula is C11H15N3O2. The molecule has 5 nitrogen and oxygen atoms in total. The Balaban J connectivity index is 1.92. The van der Waals surface area contributed by atoms with Crippen LogP contribution in [0.25, 0.3) is 0 Å². The Hall–Kier alpha value is -1.65. The Bertz CT molecular complexity index is 385. The Labute approximate surface area is 94.0 Å². The summed E-state index contributed by atoms with van der Waals surface area (Å²) in [7, 11) is 0. The van der Waals surface area contributed by atoms with Crippen LogP contribution >= 0.6 is 0 Å². The van der Waals surface area contributed by atoms with Crippen LogP contribution in [-0.4, -0.2) is 16.5 Å². The molecule has 1 fully saturated rings. The van der Waals surface area contributed by atoms with Crippen molar-refractivity contribution >= 4 is 11.5 Å². The molecular weight excluding hydrogens is 206 g/mol. The summed E-state index contributed by atoms with van der Waals surface area (Å²) < 4.78 is 0. The molecule has 1 heterocycles. The van der Waals surface area contributed by atoms with E-state index in [4.69, 9.17) is 0 Å². The number of pyridine rings is 1. The van der Waals surface area contributed by atoms with E-state index in [1.807, 2.05) is 0 Å². The van der Waals surface area contributed by atoms with Crippen molar-refractivity contribution in [1.82, 2.24) is 4.98 Å². The van der Waals surface area contributed by atoms with Crippen LogP contribution in [0.4, 0.5) is 11.5 Å². The van der Waals surface area contributed by atoms with Crippen molar-refractivity contribution < 1.29 is 4.92 Å². The molecule has 0 saturated heterocycles. The molecule has 0 radical (unpaired) electrons. The van der Waals surface area contributed by atoms with E-state index >= 15 is 0 Å². The van der Waals surface area contributed by atoms with Crippen molar-refractivity contribution in [2.75, 3.05) is 11.9 Å². The summed E-state index contributed by atoms with van der Waals surface area (Å²) in [4.78, 5) is 14.0. The van der Waals surface area contributed by atoms with Crippen LogP contribution in [0.1, 0.15) is 26.2 Å². The molecule has 1 aliphatic rings. The Morgan fingerprint density at radius 3 is 2.75 bits per heavy atom. The van der Waals surface area contributed by atoms with E-state index in [1.54, 1.807) is 6.07 Å². The Morgan fingerprint density at radius 2 is 2.31 bits per heavy atom. The topological polar surface area (TPSA) is 68.1 Å². The van der Waals surface area contributed by atoms with Crippen molar-refractivity contribution in [1.29, 1.82) is 0 Å². The molecule has 1 aromatic rings. The lowest BCUT2D eigenvalue weighted by Gasteiger charge is -2.38. The van der Waals surface area contributed by atoms with Gasteiger partial charge in [-0.2, -0.15) is 0 Å². The molecule has 0 spiro atoms. The monoisotopic (exact) mass is 221 g/mol. The second-order valence-corrected chi connectivity index (χ2v) is 4.68. The highest BCUT2D eigenvalue weighted by atomic mass is 16.6. The summed E-state index contributed by atoms with van der Waals surface area (Å²) >= 11 is 0. The van der Waals surface area contributed by atoms with Crippen LogP contribution < -0.4 is 5.32 Å². The van der Waals surface area contributed by atoms with Gasteiger partial charge in [0.2, 0.25) is 0 Å². The normalized spacial score (nSPS) is 17.6. The van der Waals surface area contributed by atoms with Gasteiger partial charge in [-0.1, -0.05) is 13.3 Å². The molecule has 1 saturated carbocycles. The number of anilines is 1. The largest absolute Gasteiger partial charge is 0.370 e. The van der Waals surface area contributed by atoms with Crippen molar-refractivity contribution in [2.45, 2.75) is 26.2 Å². The predicted octanol–water partition coefficient (Wildman–Crippen LogP) is 2.59. The number of rotatable bonds is 4. The summed E-state index contributed by atoms with van der Waals surface area (Å²) in [6.45, 7) is 3.13. The SMILES string of the molecule is CC1(CNc2ccc([N+](=O)[O-])cn2)CCC1. The first kappa shape index (κ1) is 10.9. The Kier molecular flexibility index (Phi) is 2.77. The third-order valence-corrected chi connectivity index (χ3v) is 3.22. The first-order chi connectivity index (χ1) is 7.59. The lowest BCUT2D eigenvalue weighted by Crippen LogP contribution is -2.33. The smallest absolute Gasteiger partial charge is 0.287 e. The summed E-state index contributed by atoms with van der Waals surface area (Å²) in [5, 5.41) is 13.6. The van der Waals surface area contributed by atoms with Crippen LogP contribution in [0.5, 0.6) is 0 Å². The minimum atomic E-state index is -0.440. The van der Waals surface area contributed by atoms with E-state index < -0.39 is 4.92 Å². The molecule has 16 heavy (non-hydrogen) atoms. The van der Waals surface area contributed by atoms with Crippen LogP contribution in [0.2, 0.25) is 0 Å². The summed E-state index contributed by atoms with van der Waals surface area (Å²) in [5.41, 5.74) is 0.407. The maximum absolute atomic E-state index is 10.4. The highest BCUT2D eigenvalue weighted by Crippen LogP contribution is 2.40. The number of hydrogen-bond donors (Lipinski definition) is 1. The number of hydrogen-bond acceptors (Lipinski definition) is 4. The van der Waals surface area contributed by atoms with Crippen molar-refractivity contribution in [3.8, 4) is 0 Å². The van der Waals surface area contributed by atoms with Gasteiger partial charge < -0.3 is 5.32 Å². The zero-order valence-electron chi connectivity index (χ0n) is 9.27. The van der Waals surface area contributed by atoms with Crippen molar-refractivity contribution in [2.24, 2.45) is 5.41 Å². The fraction of sp³-hybridized carbons (Fsp3) is 0.545. The fourth-order valence-corrected chi connectivity index (χ4v) is 1.86. The van der Waals surface area contributed by atoms with Crippen LogP contribution in [0, 0.1) is 15.5 Å². The Morgan fingerprint density at radius 1 is 1.56 bits per heavy atom. The van der Waals surface area contributed by atoms with Gasteiger partial charge in [0.25, 0.3) is 5.69 Å². The van der Waals surface area contributed by atoms with Gasteiger partial charge in [0, 0.05) is 12.6 Å². The minimum absolute atomic E-state index is 0.0282. The van der Waals surface area contributed by atoms with Crippen LogP contribution in [0.15, 0.2) is 18.3 Å². The van der Waals surface area contributed by atoms with E-state index in [0.717, 1.165) is 6.54 Å². The quantitative estimate of drug-likeness (QED) is 0.626. The van der Waals surface area contributed by atoms with Gasteiger partial charge in [0.1, 0.15) is 12.0 Å². The zero-order chi connectivity index (χ0) is 11.6. The molecule has 1 N–H and O–H groups in total. The molecule has 86 valence electrons. The van der Waals surface area contributed by atoms with Crippen LogP contribution in [0.3, 0.4) is 0 Å². The second-order valence-electron chi connectivity index (χ2n) is 4.68. The predicted molar refractivity (Wildman–Crippen MR) is 61.3 cm³/mol. The van der Waals surface area contributed by atoms with E-state index in [0.29, 0.717) is 11.2 Å². The lowest BCUT2D eigenvalue weighted by molar-refractivity contribution is -0.385. The van der Waals surface area contributed by atoms with E-state index in [1.165, 1.54) is 31.5 Å². The number of nitro groups is 1. The highest BCUT2D eigenvalue weighted by Gasteiger charge is 2.31. The molecule has 0 atom stereocenters. The molecule has 0 bridgehead atoms. The summed E-state index contributed by atoms with van der Waals surface area (Å²) in [6, 6.07) is 3.12. The first-order valence-corrected chi connectivity index (χ1v) is 5.43. The average molecular weight is 221 g/mol. The third kappa shape index (κ3) is 2.29. The van der Waals surface area contributed by atoms with E-state index in [2.05, 4.69) is 17.2 Å². The number of nitrogens with zero attached hydrogens (tertiary/aromatic N) is 2. The van der Waals surface area contributed by atoms with Gasteiger partial charge in [0.05, 0.1) is 4.92 Å². The van der Waals surface area contributed by atoms with Crippen molar-refractivity contribution in [3.05, 3.63) is 28.4 Å². The fourth-order valence-electron chi connectivity index (χ4n) is 1.86. The van der Waals surface area contributed by atoms with Gasteiger partial charge in [-0.3, -0.25) is 10.1 Å². The highest BCUT2D eigenvalue weighted by molar-refractivity contribution is 5.40. The standard InChI is InChI=1S/C11H15N3O2/c1-11(5-2-6-11)8-13-10-4-3-9(7-12-10)14(15)16/h3-4,7H,2,5-6,8H2,1H3,(H,12,13). The van der Waals surface area contributed by atoms with Gasteiger partial charge in [0.15, 0.2) is 0 Å². The molecule has 1 aliphatic carbocycles. The maximum Gasteiger partial charge on any atom is 0.287 e.